The second-order valence-electron chi connectivity index (χ2n) is 6.97. The Morgan fingerprint density at radius 1 is 1.33 bits per heavy atom. The van der Waals surface area contributed by atoms with Crippen LogP contribution in [0.3, 0.4) is 0 Å². The molecule has 0 aromatic carbocycles. The van der Waals surface area contributed by atoms with E-state index < -0.39 is 6.10 Å². The van der Waals surface area contributed by atoms with E-state index in [2.05, 4.69) is 10.4 Å². The summed E-state index contributed by atoms with van der Waals surface area (Å²) in [6.45, 7) is 2.51. The lowest BCUT2D eigenvalue weighted by molar-refractivity contribution is -0.137. The minimum atomic E-state index is -0.416. The first-order valence-corrected chi connectivity index (χ1v) is 9.20. The molecule has 1 saturated heterocycles. The number of hydrogen-bond acceptors (Lipinski definition) is 4. The van der Waals surface area contributed by atoms with E-state index in [1.807, 2.05) is 20.0 Å². The zero-order valence-corrected chi connectivity index (χ0v) is 14.7. The monoisotopic (exact) mass is 335 g/mol. The van der Waals surface area contributed by atoms with Crippen LogP contribution in [-0.4, -0.2) is 40.5 Å². The quantitative estimate of drug-likeness (QED) is 0.840. The van der Waals surface area contributed by atoms with Crippen LogP contribution in [0.2, 0.25) is 0 Å². The van der Waals surface area contributed by atoms with Crippen molar-refractivity contribution >= 4 is 5.91 Å². The summed E-state index contributed by atoms with van der Waals surface area (Å²) in [5, 5.41) is 7.31. The van der Waals surface area contributed by atoms with Crippen molar-refractivity contribution in [1.29, 1.82) is 0 Å². The number of rotatable bonds is 5. The molecule has 1 amide bonds. The minimum Gasteiger partial charge on any atom is -0.370 e. The van der Waals surface area contributed by atoms with Crippen LogP contribution < -0.4 is 5.32 Å². The summed E-state index contributed by atoms with van der Waals surface area (Å²) < 4.78 is 13.7. The lowest BCUT2D eigenvalue weighted by Crippen LogP contribution is -2.44. The number of nitrogens with zero attached hydrogens (tertiary/aromatic N) is 2. The molecular weight excluding hydrogens is 306 g/mol. The molecule has 24 heavy (non-hydrogen) atoms. The van der Waals surface area contributed by atoms with Crippen LogP contribution in [0.5, 0.6) is 0 Å². The van der Waals surface area contributed by atoms with Crippen LogP contribution >= 0.6 is 0 Å². The molecule has 1 unspecified atom stereocenters. The standard InChI is InChI=1S/C18H29N3O3/c1-13(24-14-7-5-3-4-6-8-14)18(22)20-15-10-12-23-17(15)16-9-11-19-21(16)2/h9,11,13-15,17H,3-8,10,12H2,1-2H3,(H,20,22)/t13?,15-,17-/m0/s1. The van der Waals surface area contributed by atoms with Crippen molar-refractivity contribution in [2.45, 2.75) is 76.2 Å². The van der Waals surface area contributed by atoms with E-state index in [0.717, 1.165) is 25.0 Å². The van der Waals surface area contributed by atoms with Gasteiger partial charge >= 0.3 is 0 Å². The topological polar surface area (TPSA) is 65.4 Å². The van der Waals surface area contributed by atoms with Gasteiger partial charge in [-0.2, -0.15) is 5.10 Å². The van der Waals surface area contributed by atoms with Crippen molar-refractivity contribution in [1.82, 2.24) is 15.1 Å². The van der Waals surface area contributed by atoms with Crippen LogP contribution in [0.25, 0.3) is 0 Å². The predicted molar refractivity (Wildman–Crippen MR) is 90.5 cm³/mol. The highest BCUT2D eigenvalue weighted by Crippen LogP contribution is 2.29. The maximum absolute atomic E-state index is 12.5. The van der Waals surface area contributed by atoms with Crippen LogP contribution in [0.1, 0.15) is 63.7 Å². The molecule has 6 heteroatoms. The molecule has 3 atom stereocenters. The lowest BCUT2D eigenvalue weighted by atomic mass is 10.1. The first-order valence-electron chi connectivity index (χ1n) is 9.20. The Bertz CT molecular complexity index is 537. The summed E-state index contributed by atoms with van der Waals surface area (Å²) >= 11 is 0. The number of carbonyl (C=O) groups is 1. The van der Waals surface area contributed by atoms with Gasteiger partial charge in [-0.15, -0.1) is 0 Å². The Kier molecular flexibility index (Phi) is 5.89. The van der Waals surface area contributed by atoms with Crippen molar-refractivity contribution in [3.8, 4) is 0 Å². The fraction of sp³-hybridized carbons (Fsp3) is 0.778. The number of aryl methyl sites for hydroxylation is 1. The van der Waals surface area contributed by atoms with Gasteiger partial charge in [0.1, 0.15) is 12.2 Å². The van der Waals surface area contributed by atoms with Gasteiger partial charge in [0, 0.05) is 19.9 Å². The van der Waals surface area contributed by atoms with Gasteiger partial charge in [-0.3, -0.25) is 9.48 Å². The van der Waals surface area contributed by atoms with E-state index in [-0.39, 0.29) is 24.2 Å². The molecule has 0 radical (unpaired) electrons. The largest absolute Gasteiger partial charge is 0.370 e. The van der Waals surface area contributed by atoms with Gasteiger partial charge in [0.25, 0.3) is 0 Å². The van der Waals surface area contributed by atoms with Crippen LogP contribution in [0.4, 0.5) is 0 Å². The van der Waals surface area contributed by atoms with Crippen molar-refractivity contribution in [3.05, 3.63) is 18.0 Å². The second-order valence-corrected chi connectivity index (χ2v) is 6.97. The summed E-state index contributed by atoms with van der Waals surface area (Å²) in [4.78, 5) is 12.5. The van der Waals surface area contributed by atoms with Gasteiger partial charge in [0.15, 0.2) is 0 Å². The summed E-state index contributed by atoms with van der Waals surface area (Å²) in [6.07, 6.45) is 9.37. The van der Waals surface area contributed by atoms with E-state index >= 15 is 0 Å². The number of carbonyl (C=O) groups excluding carboxylic acids is 1. The average molecular weight is 335 g/mol. The van der Waals surface area contributed by atoms with E-state index in [4.69, 9.17) is 9.47 Å². The predicted octanol–water partition coefficient (Wildman–Crippen LogP) is 2.49. The van der Waals surface area contributed by atoms with Gasteiger partial charge in [0.05, 0.1) is 17.8 Å². The fourth-order valence-corrected chi connectivity index (χ4v) is 3.72. The van der Waals surface area contributed by atoms with Gasteiger partial charge in [-0.25, -0.2) is 0 Å². The number of amides is 1. The van der Waals surface area contributed by atoms with Gasteiger partial charge < -0.3 is 14.8 Å². The highest BCUT2D eigenvalue weighted by Gasteiger charge is 2.34. The maximum Gasteiger partial charge on any atom is 0.249 e. The van der Waals surface area contributed by atoms with E-state index in [9.17, 15) is 4.79 Å². The Morgan fingerprint density at radius 2 is 2.08 bits per heavy atom. The molecule has 2 fully saturated rings. The molecule has 2 aliphatic rings. The third kappa shape index (κ3) is 4.16. The number of ether oxygens (including phenoxy) is 2. The molecule has 1 aromatic rings. The van der Waals surface area contributed by atoms with Crippen molar-refractivity contribution in [2.24, 2.45) is 7.05 Å². The van der Waals surface area contributed by atoms with Gasteiger partial charge in [-0.1, -0.05) is 25.7 Å². The molecule has 1 aromatic heterocycles. The molecule has 0 bridgehead atoms. The Labute approximate surface area is 143 Å². The van der Waals surface area contributed by atoms with Crippen molar-refractivity contribution < 1.29 is 14.3 Å². The smallest absolute Gasteiger partial charge is 0.249 e. The number of hydrogen-bond donors (Lipinski definition) is 1. The van der Waals surface area contributed by atoms with Gasteiger partial charge in [-0.05, 0) is 32.3 Å². The van der Waals surface area contributed by atoms with Crippen molar-refractivity contribution in [3.63, 3.8) is 0 Å². The third-order valence-corrected chi connectivity index (χ3v) is 5.14. The Hall–Kier alpha value is -1.40. The highest BCUT2D eigenvalue weighted by atomic mass is 16.5. The Morgan fingerprint density at radius 3 is 2.75 bits per heavy atom. The fourth-order valence-electron chi connectivity index (χ4n) is 3.72. The number of nitrogens with one attached hydrogen (secondary N) is 1. The molecule has 2 heterocycles. The SMILES string of the molecule is CC(OC1CCCCCC1)C(=O)N[C@H]1CCO[C@@H]1c1ccnn1C. The molecule has 1 aliphatic heterocycles. The lowest BCUT2D eigenvalue weighted by Gasteiger charge is -2.24. The second kappa shape index (κ2) is 8.12. The van der Waals surface area contributed by atoms with E-state index in [1.54, 1.807) is 10.9 Å². The summed E-state index contributed by atoms with van der Waals surface area (Å²) in [5.74, 6) is -0.0399. The minimum absolute atomic E-state index is 0.0203. The summed E-state index contributed by atoms with van der Waals surface area (Å²) in [6, 6.07) is 1.92. The zero-order chi connectivity index (χ0) is 16.9. The van der Waals surface area contributed by atoms with E-state index in [1.165, 1.54) is 25.7 Å². The van der Waals surface area contributed by atoms with E-state index in [0.29, 0.717) is 6.61 Å². The zero-order valence-electron chi connectivity index (χ0n) is 14.7. The molecule has 6 nitrogen and oxygen atoms in total. The van der Waals surface area contributed by atoms with Crippen molar-refractivity contribution in [2.75, 3.05) is 6.61 Å². The first kappa shape index (κ1) is 17.4. The molecular formula is C18H29N3O3. The normalized spacial score (nSPS) is 26.9. The first-order chi connectivity index (χ1) is 11.6. The molecule has 0 spiro atoms. The average Bonchev–Trinajstić information content (AvgIpc) is 3.10. The molecule has 3 rings (SSSR count). The molecule has 134 valence electrons. The summed E-state index contributed by atoms with van der Waals surface area (Å²) in [7, 11) is 1.90. The van der Waals surface area contributed by atoms with Crippen LogP contribution in [0.15, 0.2) is 12.3 Å². The molecule has 1 aliphatic carbocycles. The highest BCUT2D eigenvalue weighted by molar-refractivity contribution is 5.80. The summed E-state index contributed by atoms with van der Waals surface area (Å²) in [5.41, 5.74) is 0.995. The van der Waals surface area contributed by atoms with Crippen LogP contribution in [0, 0.1) is 0 Å². The third-order valence-electron chi connectivity index (χ3n) is 5.14. The Balaban J connectivity index is 1.54. The molecule has 1 saturated carbocycles. The maximum atomic E-state index is 12.5. The number of aromatic nitrogens is 2. The van der Waals surface area contributed by atoms with Gasteiger partial charge in [0.2, 0.25) is 5.91 Å². The van der Waals surface area contributed by atoms with Crippen LogP contribution in [-0.2, 0) is 21.3 Å². The molecule has 1 N–H and O–H groups in total.